The molecule has 3 atom stereocenters. The third-order valence-corrected chi connectivity index (χ3v) is 6.12. The van der Waals surface area contributed by atoms with Crippen LogP contribution in [0.2, 0.25) is 0 Å². The lowest BCUT2D eigenvalue weighted by Gasteiger charge is -2.31. The Morgan fingerprint density at radius 1 is 1.00 bits per heavy atom. The van der Waals surface area contributed by atoms with Gasteiger partial charge in [-0.05, 0) is 56.7 Å². The van der Waals surface area contributed by atoms with E-state index in [1.165, 1.54) is 7.11 Å². The zero-order valence-electron chi connectivity index (χ0n) is 22.4. The van der Waals surface area contributed by atoms with E-state index in [-0.39, 0.29) is 30.3 Å². The largest absolute Gasteiger partial charge is 0.545 e. The van der Waals surface area contributed by atoms with Gasteiger partial charge >= 0.3 is 0 Å². The number of hydrogen-bond acceptors (Lipinski definition) is 8. The molecule has 2 heterocycles. The molecule has 0 radical (unpaired) electrons. The van der Waals surface area contributed by atoms with Gasteiger partial charge in [-0.1, -0.05) is 36.4 Å². The molecule has 0 aliphatic carbocycles. The number of aliphatic carboxylic acids is 1. The second-order valence-electron chi connectivity index (χ2n) is 9.50. The molecule has 2 aliphatic rings. The molecule has 9 heteroatoms. The molecule has 0 saturated carbocycles. The number of aliphatic hydroxyl groups is 1. The van der Waals surface area contributed by atoms with Crippen LogP contribution in [-0.4, -0.2) is 37.1 Å². The van der Waals surface area contributed by atoms with Crippen LogP contribution in [0.1, 0.15) is 49.7 Å². The fourth-order valence-electron chi connectivity index (χ4n) is 4.29. The van der Waals surface area contributed by atoms with E-state index in [2.05, 4.69) is 5.73 Å². The Labute approximate surface area is 227 Å². The number of rotatable bonds is 7. The van der Waals surface area contributed by atoms with Crippen LogP contribution in [0.4, 0.5) is 0 Å². The molecule has 0 unspecified atom stereocenters. The Balaban J connectivity index is 0.000000270. The monoisotopic (exact) mass is 535 g/mol. The molecule has 3 aromatic carbocycles. The number of hydrogen-bond donors (Lipinski definition) is 2. The molecule has 0 aromatic heterocycles. The fourth-order valence-corrected chi connectivity index (χ4v) is 4.29. The SMILES string of the molecule is COC1=C(C(=O)[O-])[C@@H](c2ccc3c(c2)OCO3)Oc2ccc(OC(C)C)cc21.C[C@@H]([NH3+])[C@@H](O)c1ccccc1. The average Bonchev–Trinajstić information content (AvgIpc) is 3.40. The molecule has 0 saturated heterocycles. The van der Waals surface area contributed by atoms with Crippen molar-refractivity contribution in [1.82, 2.24) is 0 Å². The third-order valence-electron chi connectivity index (χ3n) is 6.12. The molecule has 5 rings (SSSR count). The summed E-state index contributed by atoms with van der Waals surface area (Å²) in [6.45, 7) is 5.84. The number of methoxy groups -OCH3 is 1. The van der Waals surface area contributed by atoms with Crippen molar-refractivity contribution in [2.45, 2.75) is 45.1 Å². The number of carbonyl (C=O) groups excluding carboxylic acids is 1. The van der Waals surface area contributed by atoms with Crippen molar-refractivity contribution in [3.63, 3.8) is 0 Å². The van der Waals surface area contributed by atoms with Crippen molar-refractivity contribution in [3.8, 4) is 23.0 Å². The summed E-state index contributed by atoms with van der Waals surface area (Å²) in [6.07, 6.45) is -1.38. The third kappa shape index (κ3) is 6.27. The van der Waals surface area contributed by atoms with E-state index >= 15 is 0 Å². The van der Waals surface area contributed by atoms with E-state index < -0.39 is 18.2 Å². The lowest BCUT2D eigenvalue weighted by molar-refractivity contribution is -0.433. The molecule has 0 spiro atoms. The summed E-state index contributed by atoms with van der Waals surface area (Å²) in [4.78, 5) is 12.0. The lowest BCUT2D eigenvalue weighted by Crippen LogP contribution is -2.61. The van der Waals surface area contributed by atoms with Crippen molar-refractivity contribution in [2.24, 2.45) is 0 Å². The Morgan fingerprint density at radius 2 is 1.69 bits per heavy atom. The van der Waals surface area contributed by atoms with E-state index in [1.54, 1.807) is 36.4 Å². The maximum absolute atomic E-state index is 12.0. The fraction of sp³-hybridized carbons (Fsp3) is 0.300. The first-order valence-electron chi connectivity index (χ1n) is 12.6. The minimum absolute atomic E-state index is 0.0282. The smallest absolute Gasteiger partial charge is 0.231 e. The minimum Gasteiger partial charge on any atom is -0.545 e. The standard InChI is InChI=1S/C21H20O7.C9H13NO/c1-11(2)27-13-5-7-15-14(9-13)20(24-3)18(21(22)23)19(28-15)12-4-6-16-17(8-12)26-10-25-16;1-7(10)9(11)8-5-3-2-4-6-8/h4-9,11,19H,10H2,1-3H3,(H,22,23);2-7,9,11H,10H2,1H3/t19-;7-,9-/m11/s1. The van der Waals surface area contributed by atoms with Gasteiger partial charge in [0.2, 0.25) is 6.79 Å². The van der Waals surface area contributed by atoms with Crippen LogP contribution in [0.15, 0.2) is 72.3 Å². The molecule has 0 amide bonds. The first-order chi connectivity index (χ1) is 18.7. The van der Waals surface area contributed by atoms with E-state index in [0.717, 1.165) is 5.56 Å². The van der Waals surface area contributed by atoms with Crippen molar-refractivity contribution in [1.29, 1.82) is 0 Å². The van der Waals surface area contributed by atoms with Crippen molar-refractivity contribution < 1.29 is 44.4 Å². The van der Waals surface area contributed by atoms with Gasteiger partial charge in [0.25, 0.3) is 0 Å². The summed E-state index contributed by atoms with van der Waals surface area (Å²) in [5.74, 6) is 1.01. The van der Waals surface area contributed by atoms with Gasteiger partial charge in [0.15, 0.2) is 17.6 Å². The second-order valence-corrected chi connectivity index (χ2v) is 9.50. The predicted octanol–water partition coefficient (Wildman–Crippen LogP) is 2.79. The summed E-state index contributed by atoms with van der Waals surface area (Å²) < 4.78 is 27.9. The number of benzene rings is 3. The van der Waals surface area contributed by atoms with Crippen molar-refractivity contribution in [2.75, 3.05) is 13.9 Å². The van der Waals surface area contributed by atoms with Gasteiger partial charge in [-0.3, -0.25) is 0 Å². The van der Waals surface area contributed by atoms with Gasteiger partial charge < -0.3 is 44.4 Å². The van der Waals surface area contributed by atoms with Crippen LogP contribution in [-0.2, 0) is 9.53 Å². The van der Waals surface area contributed by atoms with Crippen molar-refractivity contribution >= 4 is 11.7 Å². The highest BCUT2D eigenvalue weighted by molar-refractivity contribution is 5.97. The van der Waals surface area contributed by atoms with Gasteiger partial charge in [-0.15, -0.1) is 0 Å². The summed E-state index contributed by atoms with van der Waals surface area (Å²) in [6, 6.07) is 20.0. The first kappa shape index (κ1) is 27.8. The Kier molecular flexibility index (Phi) is 8.63. The summed E-state index contributed by atoms with van der Waals surface area (Å²) in [5, 5.41) is 21.5. The first-order valence-corrected chi connectivity index (χ1v) is 12.6. The van der Waals surface area contributed by atoms with Gasteiger partial charge in [0, 0.05) is 5.56 Å². The quantitative estimate of drug-likeness (QED) is 0.472. The van der Waals surface area contributed by atoms with Gasteiger partial charge in [-0.25, -0.2) is 0 Å². The Bertz CT molecular complexity index is 1340. The highest BCUT2D eigenvalue weighted by atomic mass is 16.7. The molecule has 3 aromatic rings. The molecule has 0 bridgehead atoms. The number of carbonyl (C=O) groups is 1. The highest BCUT2D eigenvalue weighted by Crippen LogP contribution is 2.45. The van der Waals surface area contributed by atoms with E-state index in [1.807, 2.05) is 51.1 Å². The van der Waals surface area contributed by atoms with Gasteiger partial charge in [0.1, 0.15) is 29.4 Å². The number of aliphatic hydroxyl groups excluding tert-OH is 1. The van der Waals surface area contributed by atoms with Crippen LogP contribution in [0.3, 0.4) is 0 Å². The zero-order chi connectivity index (χ0) is 28.1. The summed E-state index contributed by atoms with van der Waals surface area (Å²) in [7, 11) is 1.42. The normalized spacial score (nSPS) is 16.8. The van der Waals surface area contributed by atoms with Crippen LogP contribution >= 0.6 is 0 Å². The van der Waals surface area contributed by atoms with Crippen LogP contribution in [0.5, 0.6) is 23.0 Å². The van der Waals surface area contributed by atoms with Crippen LogP contribution < -0.4 is 29.8 Å². The average molecular weight is 536 g/mol. The predicted molar refractivity (Wildman–Crippen MR) is 141 cm³/mol. The summed E-state index contributed by atoms with van der Waals surface area (Å²) >= 11 is 0. The van der Waals surface area contributed by atoms with E-state index in [9.17, 15) is 15.0 Å². The Hall–Kier alpha value is -4.21. The molecular weight excluding hydrogens is 502 g/mol. The number of ether oxygens (including phenoxy) is 5. The van der Waals surface area contributed by atoms with Crippen molar-refractivity contribution in [3.05, 3.63) is 89.0 Å². The molecule has 2 aliphatic heterocycles. The second kappa shape index (κ2) is 12.1. The van der Waals surface area contributed by atoms with E-state index in [4.69, 9.17) is 23.7 Å². The highest BCUT2D eigenvalue weighted by Gasteiger charge is 2.33. The molecular formula is C30H33NO8. The van der Waals surface area contributed by atoms with Gasteiger partial charge in [-0.2, -0.15) is 0 Å². The zero-order valence-corrected chi connectivity index (χ0v) is 22.4. The van der Waals surface area contributed by atoms with Gasteiger partial charge in [0.05, 0.1) is 30.3 Å². The summed E-state index contributed by atoms with van der Waals surface area (Å²) in [5.41, 5.74) is 5.69. The molecule has 39 heavy (non-hydrogen) atoms. The molecule has 9 nitrogen and oxygen atoms in total. The minimum atomic E-state index is -1.37. The molecule has 4 N–H and O–H groups in total. The van der Waals surface area contributed by atoms with Crippen LogP contribution in [0.25, 0.3) is 5.76 Å². The number of quaternary nitrogens is 1. The molecule has 0 fully saturated rings. The topological polar surface area (TPSA) is 134 Å². The maximum Gasteiger partial charge on any atom is 0.231 e. The number of carboxylic acid groups (broad SMARTS) is 1. The molecule has 206 valence electrons. The number of fused-ring (bicyclic) bond motifs is 2. The van der Waals surface area contributed by atoms with E-state index in [0.29, 0.717) is 34.1 Å². The maximum atomic E-state index is 12.0. The lowest BCUT2D eigenvalue weighted by atomic mass is 9.94. The Morgan fingerprint density at radius 3 is 2.33 bits per heavy atom. The van der Waals surface area contributed by atoms with Crippen LogP contribution in [0, 0.1) is 0 Å². The number of carboxylic acids is 1.